The van der Waals surface area contributed by atoms with Crippen LogP contribution in [0.15, 0.2) is 30.3 Å². The zero-order valence-electron chi connectivity index (χ0n) is 17.1. The van der Waals surface area contributed by atoms with E-state index in [-0.39, 0.29) is 25.2 Å². The second-order valence-corrected chi connectivity index (χ2v) is 8.91. The topological polar surface area (TPSA) is 60.9 Å². The second-order valence-electron chi connectivity index (χ2n) is 7.90. The molecule has 1 atom stereocenters. The van der Waals surface area contributed by atoms with Crippen molar-refractivity contribution in [2.45, 2.75) is 39.2 Å². The minimum absolute atomic E-state index is 0.0110. The van der Waals surface area contributed by atoms with E-state index in [1.54, 1.807) is 16.2 Å². The normalized spacial score (nSPS) is 17.6. The van der Waals surface area contributed by atoms with Gasteiger partial charge in [-0.2, -0.15) is 0 Å². The molecular formula is C23H24N2O4S. The summed E-state index contributed by atoms with van der Waals surface area (Å²) in [6.07, 6.45) is 2.34. The molecule has 1 unspecified atom stereocenters. The molecule has 1 fully saturated rings. The number of rotatable bonds is 5. The van der Waals surface area contributed by atoms with Crippen molar-refractivity contribution < 1.29 is 19.0 Å². The number of amides is 1. The molecule has 0 N–H and O–H groups in total. The summed E-state index contributed by atoms with van der Waals surface area (Å²) in [7, 11) is 0. The second kappa shape index (κ2) is 7.89. The molecule has 1 saturated heterocycles. The van der Waals surface area contributed by atoms with Gasteiger partial charge in [-0.05, 0) is 67.6 Å². The van der Waals surface area contributed by atoms with Gasteiger partial charge in [-0.1, -0.05) is 17.4 Å². The number of carbonyl (C=O) groups excluding carboxylic acids is 1. The fraction of sp³-hybridized carbons (Fsp3) is 0.391. The van der Waals surface area contributed by atoms with Gasteiger partial charge in [-0.3, -0.25) is 9.69 Å². The number of hydrogen-bond acceptors (Lipinski definition) is 6. The molecule has 5 rings (SSSR count). The van der Waals surface area contributed by atoms with Crippen LogP contribution >= 0.6 is 11.3 Å². The fourth-order valence-corrected chi connectivity index (χ4v) is 4.95. The number of nitrogens with zero attached hydrogens (tertiary/aromatic N) is 2. The SMILES string of the molecule is Cc1cc2nc(N(CC3CCCO3)C(=O)Cc3ccc4c(c3)OCO4)sc2cc1C. The Balaban J connectivity index is 1.44. The zero-order valence-corrected chi connectivity index (χ0v) is 18.0. The summed E-state index contributed by atoms with van der Waals surface area (Å²) in [6.45, 7) is 5.70. The van der Waals surface area contributed by atoms with Crippen molar-refractivity contribution in [1.82, 2.24) is 4.98 Å². The van der Waals surface area contributed by atoms with Crippen molar-refractivity contribution in [2.75, 3.05) is 24.8 Å². The summed E-state index contributed by atoms with van der Waals surface area (Å²) in [4.78, 5) is 20.0. The minimum atomic E-state index is 0.0110. The zero-order chi connectivity index (χ0) is 20.7. The van der Waals surface area contributed by atoms with Crippen molar-refractivity contribution >= 4 is 32.6 Å². The first-order valence-electron chi connectivity index (χ1n) is 10.2. The Bertz CT molecular complexity index is 1070. The number of hydrogen-bond donors (Lipinski definition) is 0. The van der Waals surface area contributed by atoms with Crippen LogP contribution in [0.3, 0.4) is 0 Å². The van der Waals surface area contributed by atoms with Crippen LogP contribution in [0.2, 0.25) is 0 Å². The van der Waals surface area contributed by atoms with E-state index < -0.39 is 0 Å². The van der Waals surface area contributed by atoms with Gasteiger partial charge in [0.05, 0.1) is 29.3 Å². The first kappa shape index (κ1) is 19.3. The molecule has 0 bridgehead atoms. The van der Waals surface area contributed by atoms with E-state index in [1.165, 1.54) is 11.1 Å². The molecular weight excluding hydrogens is 400 g/mol. The lowest BCUT2D eigenvalue weighted by atomic mass is 10.1. The number of fused-ring (bicyclic) bond motifs is 2. The first-order chi connectivity index (χ1) is 14.6. The highest BCUT2D eigenvalue weighted by Gasteiger charge is 2.27. The van der Waals surface area contributed by atoms with Crippen LogP contribution in [0, 0.1) is 13.8 Å². The van der Waals surface area contributed by atoms with Gasteiger partial charge >= 0.3 is 0 Å². The molecule has 156 valence electrons. The number of aryl methyl sites for hydroxylation is 2. The molecule has 2 aliphatic heterocycles. The van der Waals surface area contributed by atoms with Crippen LogP contribution in [0.4, 0.5) is 5.13 Å². The van der Waals surface area contributed by atoms with Gasteiger partial charge in [0.2, 0.25) is 12.7 Å². The fourth-order valence-electron chi connectivity index (χ4n) is 3.88. The van der Waals surface area contributed by atoms with Crippen LogP contribution in [-0.4, -0.2) is 36.9 Å². The standard InChI is InChI=1S/C23H24N2O4S/c1-14-8-18-21(9-15(14)2)30-23(24-18)25(12-17-4-3-7-27-17)22(26)11-16-5-6-19-20(10-16)29-13-28-19/h5-6,8-10,17H,3-4,7,11-13H2,1-2H3. The molecule has 2 aliphatic rings. The maximum atomic E-state index is 13.4. The van der Waals surface area contributed by atoms with E-state index in [2.05, 4.69) is 26.0 Å². The summed E-state index contributed by atoms with van der Waals surface area (Å²) >= 11 is 1.56. The van der Waals surface area contributed by atoms with Gasteiger partial charge in [0.15, 0.2) is 16.6 Å². The van der Waals surface area contributed by atoms with E-state index >= 15 is 0 Å². The van der Waals surface area contributed by atoms with Gasteiger partial charge in [0.25, 0.3) is 0 Å². The van der Waals surface area contributed by atoms with Crippen LogP contribution in [0.25, 0.3) is 10.2 Å². The van der Waals surface area contributed by atoms with Gasteiger partial charge in [-0.25, -0.2) is 4.98 Å². The minimum Gasteiger partial charge on any atom is -0.454 e. The van der Waals surface area contributed by atoms with Gasteiger partial charge in [0.1, 0.15) is 0 Å². The molecule has 30 heavy (non-hydrogen) atoms. The molecule has 1 amide bonds. The van der Waals surface area contributed by atoms with E-state index in [4.69, 9.17) is 19.2 Å². The number of carbonyl (C=O) groups is 1. The van der Waals surface area contributed by atoms with Crippen molar-refractivity contribution in [1.29, 1.82) is 0 Å². The average molecular weight is 425 g/mol. The number of aromatic nitrogens is 1. The van der Waals surface area contributed by atoms with Crippen LogP contribution in [0.5, 0.6) is 11.5 Å². The lowest BCUT2D eigenvalue weighted by Gasteiger charge is -2.23. The largest absolute Gasteiger partial charge is 0.454 e. The highest BCUT2D eigenvalue weighted by Crippen LogP contribution is 2.34. The Morgan fingerprint density at radius 1 is 1.17 bits per heavy atom. The van der Waals surface area contributed by atoms with Crippen molar-refractivity contribution in [3.63, 3.8) is 0 Å². The van der Waals surface area contributed by atoms with Crippen LogP contribution in [-0.2, 0) is 16.0 Å². The Hall–Kier alpha value is -2.64. The molecule has 0 radical (unpaired) electrons. The third kappa shape index (κ3) is 3.75. The summed E-state index contributed by atoms with van der Waals surface area (Å²) in [5, 5.41) is 0.733. The van der Waals surface area contributed by atoms with Gasteiger partial charge in [-0.15, -0.1) is 0 Å². The molecule has 3 aromatic rings. The molecule has 1 aromatic heterocycles. The highest BCUT2D eigenvalue weighted by atomic mass is 32.1. The predicted octanol–water partition coefficient (Wildman–Crippen LogP) is 4.40. The molecule has 0 spiro atoms. The number of thiazole rings is 1. The lowest BCUT2D eigenvalue weighted by Crippen LogP contribution is -2.38. The van der Waals surface area contributed by atoms with Crippen LogP contribution < -0.4 is 14.4 Å². The molecule has 2 aromatic carbocycles. The number of anilines is 1. The Morgan fingerprint density at radius 3 is 2.83 bits per heavy atom. The quantitative estimate of drug-likeness (QED) is 0.608. The van der Waals surface area contributed by atoms with Crippen molar-refractivity contribution in [3.8, 4) is 11.5 Å². The molecule has 6 nitrogen and oxygen atoms in total. The first-order valence-corrected chi connectivity index (χ1v) is 11.1. The summed E-state index contributed by atoms with van der Waals surface area (Å²) < 4.78 is 17.8. The Morgan fingerprint density at radius 2 is 2.00 bits per heavy atom. The van der Waals surface area contributed by atoms with Crippen molar-refractivity contribution in [3.05, 3.63) is 47.0 Å². The maximum Gasteiger partial charge on any atom is 0.233 e. The summed E-state index contributed by atoms with van der Waals surface area (Å²) in [5.41, 5.74) is 4.27. The van der Waals surface area contributed by atoms with E-state index in [9.17, 15) is 4.79 Å². The summed E-state index contributed by atoms with van der Waals surface area (Å²) in [5.74, 6) is 1.42. The molecule has 0 saturated carbocycles. The maximum absolute atomic E-state index is 13.4. The van der Waals surface area contributed by atoms with E-state index in [0.717, 1.165) is 46.1 Å². The number of benzene rings is 2. The Labute approximate surface area is 179 Å². The van der Waals surface area contributed by atoms with Gasteiger partial charge in [0, 0.05) is 6.61 Å². The average Bonchev–Trinajstić information content (AvgIpc) is 3.46. The van der Waals surface area contributed by atoms with E-state index in [1.807, 2.05) is 18.2 Å². The van der Waals surface area contributed by atoms with Crippen LogP contribution in [0.1, 0.15) is 29.5 Å². The third-order valence-corrected chi connectivity index (χ3v) is 6.77. The Kier molecular flexibility index (Phi) is 5.08. The lowest BCUT2D eigenvalue weighted by molar-refractivity contribution is -0.118. The highest BCUT2D eigenvalue weighted by molar-refractivity contribution is 7.22. The van der Waals surface area contributed by atoms with Crippen molar-refractivity contribution in [2.24, 2.45) is 0 Å². The van der Waals surface area contributed by atoms with E-state index in [0.29, 0.717) is 12.3 Å². The smallest absolute Gasteiger partial charge is 0.233 e. The van der Waals surface area contributed by atoms with Gasteiger partial charge < -0.3 is 14.2 Å². The molecule has 7 heteroatoms. The summed E-state index contributed by atoms with van der Waals surface area (Å²) in [6, 6.07) is 9.91. The molecule has 3 heterocycles. The molecule has 0 aliphatic carbocycles. The predicted molar refractivity (Wildman–Crippen MR) is 117 cm³/mol. The monoisotopic (exact) mass is 424 g/mol. The third-order valence-electron chi connectivity index (χ3n) is 5.73. The number of ether oxygens (including phenoxy) is 3.